The number of aliphatic hydroxyl groups is 1. The van der Waals surface area contributed by atoms with Crippen LogP contribution in [0.2, 0.25) is 5.02 Å². The summed E-state index contributed by atoms with van der Waals surface area (Å²) >= 11 is 7.11. The summed E-state index contributed by atoms with van der Waals surface area (Å²) in [5.41, 5.74) is 1.70. The molecule has 3 rings (SSSR count). The Hall–Kier alpha value is -2.28. The van der Waals surface area contributed by atoms with Crippen LogP contribution in [0.25, 0.3) is 10.6 Å². The van der Waals surface area contributed by atoms with Gasteiger partial charge in [-0.1, -0.05) is 29.8 Å². The van der Waals surface area contributed by atoms with Crippen molar-refractivity contribution in [3.8, 4) is 10.6 Å². The number of hydrogen-bond acceptors (Lipinski definition) is 4. The summed E-state index contributed by atoms with van der Waals surface area (Å²) in [6.45, 7) is -0.121. The maximum atomic E-state index is 13.3. The van der Waals surface area contributed by atoms with Crippen molar-refractivity contribution in [2.24, 2.45) is 0 Å². The molecule has 4 nitrogen and oxygen atoms in total. The van der Waals surface area contributed by atoms with Gasteiger partial charge in [0.1, 0.15) is 15.7 Å². The molecule has 1 heterocycles. The van der Waals surface area contributed by atoms with Gasteiger partial charge in [-0.15, -0.1) is 11.3 Å². The van der Waals surface area contributed by atoms with Crippen LogP contribution in [0.15, 0.2) is 48.5 Å². The highest BCUT2D eigenvalue weighted by Crippen LogP contribution is 2.30. The van der Waals surface area contributed by atoms with Gasteiger partial charge in [0.25, 0.3) is 5.91 Å². The number of carbonyl (C=O) groups excluding carboxylic acids is 1. The maximum Gasteiger partial charge on any atom is 0.267 e. The molecule has 25 heavy (non-hydrogen) atoms. The molecule has 0 spiro atoms. The van der Waals surface area contributed by atoms with Gasteiger partial charge in [-0.2, -0.15) is 0 Å². The van der Waals surface area contributed by atoms with Crippen molar-refractivity contribution in [3.05, 3.63) is 69.9 Å². The van der Waals surface area contributed by atoms with Gasteiger partial charge in [0.2, 0.25) is 0 Å². The SMILES string of the molecule is O=C(Nc1cccc(F)c1)c1sc(-c2ccc(Cl)cc2)nc1CCO. The van der Waals surface area contributed by atoms with Gasteiger partial charge in [0, 0.05) is 29.3 Å². The largest absolute Gasteiger partial charge is 0.396 e. The molecule has 0 fully saturated rings. The van der Waals surface area contributed by atoms with Crippen molar-refractivity contribution in [3.63, 3.8) is 0 Å². The molecular weight excluding hydrogens is 363 g/mol. The predicted molar refractivity (Wildman–Crippen MR) is 97.7 cm³/mol. The Kier molecular flexibility index (Phi) is 5.43. The van der Waals surface area contributed by atoms with E-state index in [0.717, 1.165) is 5.56 Å². The molecule has 0 saturated heterocycles. The highest BCUT2D eigenvalue weighted by Gasteiger charge is 2.19. The summed E-state index contributed by atoms with van der Waals surface area (Å²) in [6.07, 6.45) is 0.260. The Morgan fingerprint density at radius 1 is 1.24 bits per heavy atom. The summed E-state index contributed by atoms with van der Waals surface area (Å²) in [6, 6.07) is 12.8. The molecule has 0 saturated carbocycles. The first-order chi connectivity index (χ1) is 12.1. The summed E-state index contributed by atoms with van der Waals surface area (Å²) < 4.78 is 13.3. The Balaban J connectivity index is 1.91. The molecule has 0 aliphatic heterocycles. The van der Waals surface area contributed by atoms with Crippen LogP contribution in [0, 0.1) is 5.82 Å². The minimum absolute atomic E-state index is 0.121. The second-order valence-corrected chi connectivity index (χ2v) is 6.68. The van der Waals surface area contributed by atoms with Crippen molar-refractivity contribution in [1.29, 1.82) is 0 Å². The lowest BCUT2D eigenvalue weighted by Crippen LogP contribution is -2.13. The van der Waals surface area contributed by atoms with Crippen LogP contribution in [0.1, 0.15) is 15.4 Å². The van der Waals surface area contributed by atoms with Gasteiger partial charge < -0.3 is 10.4 Å². The van der Waals surface area contributed by atoms with Crippen LogP contribution in [0.3, 0.4) is 0 Å². The number of aliphatic hydroxyl groups excluding tert-OH is 1. The molecule has 0 atom stereocenters. The van der Waals surface area contributed by atoms with Crippen LogP contribution in [-0.2, 0) is 6.42 Å². The minimum Gasteiger partial charge on any atom is -0.396 e. The third kappa shape index (κ3) is 4.22. The number of hydrogen-bond donors (Lipinski definition) is 2. The molecule has 0 unspecified atom stereocenters. The van der Waals surface area contributed by atoms with Gasteiger partial charge in [-0.25, -0.2) is 9.37 Å². The summed E-state index contributed by atoms with van der Waals surface area (Å²) in [7, 11) is 0. The van der Waals surface area contributed by atoms with Crippen molar-refractivity contribution in [2.45, 2.75) is 6.42 Å². The number of carbonyl (C=O) groups is 1. The third-order valence-electron chi connectivity index (χ3n) is 3.43. The molecule has 2 N–H and O–H groups in total. The molecule has 1 aromatic heterocycles. The fourth-order valence-corrected chi connectivity index (χ4v) is 3.41. The lowest BCUT2D eigenvalue weighted by atomic mass is 10.2. The molecule has 0 aliphatic rings. The average Bonchev–Trinajstić information content (AvgIpc) is 3.00. The van der Waals surface area contributed by atoms with E-state index in [9.17, 15) is 14.3 Å². The van der Waals surface area contributed by atoms with Crippen LogP contribution in [0.5, 0.6) is 0 Å². The molecule has 1 amide bonds. The zero-order chi connectivity index (χ0) is 17.8. The van der Waals surface area contributed by atoms with E-state index in [-0.39, 0.29) is 18.9 Å². The minimum atomic E-state index is -0.431. The summed E-state index contributed by atoms with van der Waals surface area (Å²) in [5, 5.41) is 13.2. The monoisotopic (exact) mass is 376 g/mol. The van der Waals surface area contributed by atoms with E-state index in [2.05, 4.69) is 10.3 Å². The van der Waals surface area contributed by atoms with E-state index in [1.54, 1.807) is 18.2 Å². The molecule has 3 aromatic rings. The Labute approximate surface area is 152 Å². The van der Waals surface area contributed by atoms with E-state index in [4.69, 9.17) is 11.6 Å². The Bertz CT molecular complexity index is 896. The topological polar surface area (TPSA) is 62.2 Å². The molecule has 7 heteroatoms. The fourth-order valence-electron chi connectivity index (χ4n) is 2.27. The van der Waals surface area contributed by atoms with Crippen molar-refractivity contribution in [2.75, 3.05) is 11.9 Å². The van der Waals surface area contributed by atoms with E-state index in [1.807, 2.05) is 12.1 Å². The fraction of sp³-hybridized carbons (Fsp3) is 0.111. The predicted octanol–water partition coefficient (Wildman–Crippen LogP) is 4.39. The summed E-state index contributed by atoms with van der Waals surface area (Å²) in [5.74, 6) is -0.814. The molecule has 0 bridgehead atoms. The Morgan fingerprint density at radius 3 is 2.68 bits per heavy atom. The standard InChI is InChI=1S/C18H14ClFN2O2S/c19-12-6-4-11(5-7-12)18-22-15(8-9-23)16(25-18)17(24)21-14-3-1-2-13(20)10-14/h1-7,10,23H,8-9H2,(H,21,24). The lowest BCUT2D eigenvalue weighted by molar-refractivity contribution is 0.102. The lowest BCUT2D eigenvalue weighted by Gasteiger charge is -2.04. The number of nitrogens with one attached hydrogen (secondary N) is 1. The van der Waals surface area contributed by atoms with Gasteiger partial charge >= 0.3 is 0 Å². The number of amides is 1. The number of anilines is 1. The summed E-state index contributed by atoms with van der Waals surface area (Å²) in [4.78, 5) is 17.4. The molecular formula is C18H14ClFN2O2S. The first-order valence-electron chi connectivity index (χ1n) is 7.50. The van der Waals surface area contributed by atoms with Crippen LogP contribution < -0.4 is 5.32 Å². The quantitative estimate of drug-likeness (QED) is 0.694. The number of aromatic nitrogens is 1. The smallest absolute Gasteiger partial charge is 0.267 e. The molecule has 0 aliphatic carbocycles. The normalized spacial score (nSPS) is 10.7. The van der Waals surface area contributed by atoms with E-state index >= 15 is 0 Å². The number of nitrogens with zero attached hydrogens (tertiary/aromatic N) is 1. The number of rotatable bonds is 5. The van der Waals surface area contributed by atoms with Gasteiger partial charge in [0.05, 0.1) is 5.69 Å². The number of benzene rings is 2. The van der Waals surface area contributed by atoms with E-state index < -0.39 is 5.82 Å². The van der Waals surface area contributed by atoms with Crippen LogP contribution in [0.4, 0.5) is 10.1 Å². The highest BCUT2D eigenvalue weighted by atomic mass is 35.5. The van der Waals surface area contributed by atoms with Crippen LogP contribution >= 0.6 is 22.9 Å². The first-order valence-corrected chi connectivity index (χ1v) is 8.69. The first kappa shape index (κ1) is 17.5. The average molecular weight is 377 g/mol. The van der Waals surface area contributed by atoms with Crippen LogP contribution in [-0.4, -0.2) is 22.6 Å². The highest BCUT2D eigenvalue weighted by molar-refractivity contribution is 7.17. The van der Waals surface area contributed by atoms with E-state index in [1.165, 1.54) is 29.5 Å². The van der Waals surface area contributed by atoms with Gasteiger partial charge in [0.15, 0.2) is 0 Å². The van der Waals surface area contributed by atoms with Crippen molar-refractivity contribution >= 4 is 34.5 Å². The van der Waals surface area contributed by atoms with E-state index in [0.29, 0.717) is 26.3 Å². The van der Waals surface area contributed by atoms with Crippen molar-refractivity contribution < 1.29 is 14.3 Å². The Morgan fingerprint density at radius 2 is 2.00 bits per heavy atom. The number of halogens is 2. The number of thiazole rings is 1. The van der Waals surface area contributed by atoms with Crippen molar-refractivity contribution in [1.82, 2.24) is 4.98 Å². The molecule has 0 radical (unpaired) electrons. The van der Waals surface area contributed by atoms with Gasteiger partial charge in [-0.05, 0) is 30.3 Å². The molecule has 2 aromatic carbocycles. The third-order valence-corrected chi connectivity index (χ3v) is 4.82. The zero-order valence-electron chi connectivity index (χ0n) is 13.0. The second-order valence-electron chi connectivity index (χ2n) is 5.24. The van der Waals surface area contributed by atoms with Gasteiger partial charge in [-0.3, -0.25) is 4.79 Å². The maximum absolute atomic E-state index is 13.3. The molecule has 128 valence electrons. The zero-order valence-corrected chi connectivity index (χ0v) is 14.6. The second kappa shape index (κ2) is 7.74.